The Labute approximate surface area is 158 Å². The first-order chi connectivity index (χ1) is 12.7. The third-order valence-electron chi connectivity index (χ3n) is 3.75. The highest BCUT2D eigenvalue weighted by molar-refractivity contribution is 7.21. The van der Waals surface area contributed by atoms with Gasteiger partial charge in [-0.1, -0.05) is 35.9 Å². The van der Waals surface area contributed by atoms with E-state index in [1.165, 1.54) is 17.5 Å². The van der Waals surface area contributed by atoms with Gasteiger partial charge in [-0.2, -0.15) is 0 Å². The van der Waals surface area contributed by atoms with Crippen LogP contribution >= 0.6 is 22.9 Å². The first-order valence-corrected chi connectivity index (χ1v) is 9.10. The number of thiazole rings is 1. The number of rotatable bonds is 4. The van der Waals surface area contributed by atoms with E-state index in [1.54, 1.807) is 12.3 Å². The summed E-state index contributed by atoms with van der Waals surface area (Å²) in [7, 11) is 0. The van der Waals surface area contributed by atoms with Gasteiger partial charge in [-0.25, -0.2) is 15.0 Å². The van der Waals surface area contributed by atoms with Crippen molar-refractivity contribution in [2.45, 2.75) is 6.54 Å². The summed E-state index contributed by atoms with van der Waals surface area (Å²) in [5.74, 6) is -0.299. The lowest BCUT2D eigenvalue weighted by Crippen LogP contribution is -2.24. The minimum Gasteiger partial charge on any atom is -0.347 e. The molecule has 128 valence electrons. The molecule has 0 aliphatic heterocycles. The van der Waals surface area contributed by atoms with Crippen LogP contribution in [-0.2, 0) is 6.54 Å². The van der Waals surface area contributed by atoms with Gasteiger partial charge in [0.15, 0.2) is 5.69 Å². The van der Waals surface area contributed by atoms with E-state index in [1.807, 2.05) is 42.5 Å². The van der Waals surface area contributed by atoms with Crippen molar-refractivity contribution in [2.75, 3.05) is 0 Å². The molecule has 4 aromatic rings. The number of fused-ring (bicyclic) bond motifs is 1. The van der Waals surface area contributed by atoms with Gasteiger partial charge in [0, 0.05) is 24.0 Å². The zero-order chi connectivity index (χ0) is 17.9. The number of hydrogen-bond acceptors (Lipinski definition) is 5. The number of nitrogens with one attached hydrogen (secondary N) is 1. The third-order valence-corrected chi connectivity index (χ3v) is 5.03. The summed E-state index contributed by atoms with van der Waals surface area (Å²) >= 11 is 7.47. The Morgan fingerprint density at radius 1 is 1.08 bits per heavy atom. The Morgan fingerprint density at radius 2 is 1.92 bits per heavy atom. The maximum absolute atomic E-state index is 12.6. The van der Waals surface area contributed by atoms with Crippen LogP contribution in [0.15, 0.2) is 60.9 Å². The van der Waals surface area contributed by atoms with Gasteiger partial charge in [-0.3, -0.25) is 4.79 Å². The van der Waals surface area contributed by atoms with Crippen LogP contribution in [0.4, 0.5) is 0 Å². The summed E-state index contributed by atoms with van der Waals surface area (Å²) < 4.78 is 1.04. The van der Waals surface area contributed by atoms with Crippen LogP contribution in [0, 0.1) is 0 Å². The van der Waals surface area contributed by atoms with Crippen molar-refractivity contribution in [3.05, 3.63) is 77.2 Å². The number of amides is 1. The molecule has 0 bridgehead atoms. The van der Waals surface area contributed by atoms with Crippen molar-refractivity contribution in [1.82, 2.24) is 20.3 Å². The van der Waals surface area contributed by atoms with Gasteiger partial charge in [0.1, 0.15) is 10.7 Å². The van der Waals surface area contributed by atoms with Crippen LogP contribution in [0.5, 0.6) is 0 Å². The van der Waals surface area contributed by atoms with E-state index in [9.17, 15) is 4.79 Å². The molecule has 0 unspecified atom stereocenters. The third kappa shape index (κ3) is 3.42. The zero-order valence-corrected chi connectivity index (χ0v) is 15.1. The summed E-state index contributed by atoms with van der Waals surface area (Å²) in [5, 5.41) is 4.17. The standard InChI is InChI=1S/C19H13ClN4OS/c20-13-5-3-4-12(10-13)11-23-18(25)16-17(22-9-8-21-16)19-24-14-6-1-2-7-15(14)26-19/h1-10H,11H2,(H,23,25). The Morgan fingerprint density at radius 3 is 2.77 bits per heavy atom. The summed E-state index contributed by atoms with van der Waals surface area (Å²) in [6, 6.07) is 15.2. The molecule has 0 saturated heterocycles. The molecule has 2 aromatic heterocycles. The number of halogens is 1. The molecule has 0 atom stereocenters. The molecule has 0 spiro atoms. The first-order valence-electron chi connectivity index (χ1n) is 7.90. The smallest absolute Gasteiger partial charge is 0.272 e. The molecule has 5 nitrogen and oxygen atoms in total. The minimum absolute atomic E-state index is 0.258. The van der Waals surface area contributed by atoms with E-state index in [-0.39, 0.29) is 11.6 Å². The largest absolute Gasteiger partial charge is 0.347 e. The van der Waals surface area contributed by atoms with Gasteiger partial charge in [0.2, 0.25) is 0 Å². The highest BCUT2D eigenvalue weighted by Gasteiger charge is 2.18. The van der Waals surface area contributed by atoms with Crippen LogP contribution < -0.4 is 5.32 Å². The molecule has 0 aliphatic carbocycles. The van der Waals surface area contributed by atoms with Crippen molar-refractivity contribution in [3.8, 4) is 10.7 Å². The Hall–Kier alpha value is -2.83. The predicted octanol–water partition coefficient (Wildman–Crippen LogP) is 4.34. The van der Waals surface area contributed by atoms with Gasteiger partial charge in [0.25, 0.3) is 5.91 Å². The maximum atomic E-state index is 12.6. The average molecular weight is 381 g/mol. The van der Waals surface area contributed by atoms with Crippen molar-refractivity contribution in [2.24, 2.45) is 0 Å². The first kappa shape index (κ1) is 16.6. The van der Waals surface area contributed by atoms with Crippen LogP contribution in [0.25, 0.3) is 20.9 Å². The molecule has 2 heterocycles. The van der Waals surface area contributed by atoms with Crippen LogP contribution in [0.2, 0.25) is 5.02 Å². The van der Waals surface area contributed by atoms with Crippen molar-refractivity contribution in [1.29, 1.82) is 0 Å². The van der Waals surface area contributed by atoms with Gasteiger partial charge < -0.3 is 5.32 Å². The number of nitrogens with zero attached hydrogens (tertiary/aromatic N) is 3. The molecule has 0 radical (unpaired) electrons. The minimum atomic E-state index is -0.299. The van der Waals surface area contributed by atoms with Gasteiger partial charge >= 0.3 is 0 Å². The number of carbonyl (C=O) groups is 1. The molecule has 26 heavy (non-hydrogen) atoms. The molecule has 2 aromatic carbocycles. The van der Waals surface area contributed by atoms with Crippen LogP contribution in [0.1, 0.15) is 16.1 Å². The number of para-hydroxylation sites is 1. The van der Waals surface area contributed by atoms with Gasteiger partial charge in [-0.15, -0.1) is 11.3 Å². The summed E-state index contributed by atoms with van der Waals surface area (Å²) in [4.78, 5) is 25.8. The predicted molar refractivity (Wildman–Crippen MR) is 103 cm³/mol. The molecule has 0 aliphatic rings. The van der Waals surface area contributed by atoms with Crippen molar-refractivity contribution >= 4 is 39.1 Å². The number of carbonyl (C=O) groups excluding carboxylic acids is 1. The number of benzene rings is 2. The average Bonchev–Trinajstić information content (AvgIpc) is 3.10. The van der Waals surface area contributed by atoms with E-state index >= 15 is 0 Å². The molecular weight excluding hydrogens is 368 g/mol. The second-order valence-electron chi connectivity index (χ2n) is 5.55. The molecule has 1 N–H and O–H groups in total. The molecule has 0 fully saturated rings. The van der Waals surface area contributed by atoms with Crippen molar-refractivity contribution in [3.63, 3.8) is 0 Å². The zero-order valence-electron chi connectivity index (χ0n) is 13.5. The SMILES string of the molecule is O=C(NCc1cccc(Cl)c1)c1nccnc1-c1nc2ccccc2s1. The van der Waals surface area contributed by atoms with Gasteiger partial charge in [-0.05, 0) is 29.8 Å². The highest BCUT2D eigenvalue weighted by Crippen LogP contribution is 2.30. The molecule has 1 amide bonds. The Bertz CT molecular complexity index is 1060. The lowest BCUT2D eigenvalue weighted by Gasteiger charge is -2.07. The van der Waals surface area contributed by atoms with E-state index in [0.29, 0.717) is 22.3 Å². The lowest BCUT2D eigenvalue weighted by molar-refractivity contribution is 0.0946. The second kappa shape index (κ2) is 7.19. The fraction of sp³-hybridized carbons (Fsp3) is 0.0526. The summed E-state index contributed by atoms with van der Waals surface area (Å²) in [6.45, 7) is 0.356. The number of hydrogen-bond donors (Lipinski definition) is 1. The monoisotopic (exact) mass is 380 g/mol. The molecule has 7 heteroatoms. The fourth-order valence-corrected chi connectivity index (χ4v) is 3.72. The topological polar surface area (TPSA) is 67.8 Å². The molecule has 0 saturated carbocycles. The normalized spacial score (nSPS) is 10.8. The van der Waals surface area contributed by atoms with E-state index < -0.39 is 0 Å². The van der Waals surface area contributed by atoms with Gasteiger partial charge in [0.05, 0.1) is 10.2 Å². The Kier molecular flexibility index (Phi) is 4.60. The molecular formula is C19H13ClN4OS. The summed E-state index contributed by atoms with van der Waals surface area (Å²) in [5.41, 5.74) is 2.53. The van der Waals surface area contributed by atoms with E-state index in [2.05, 4.69) is 20.3 Å². The lowest BCUT2D eigenvalue weighted by atomic mass is 10.2. The maximum Gasteiger partial charge on any atom is 0.272 e. The quantitative estimate of drug-likeness (QED) is 0.572. The molecule has 4 rings (SSSR count). The van der Waals surface area contributed by atoms with Crippen molar-refractivity contribution < 1.29 is 4.79 Å². The number of aromatic nitrogens is 3. The van der Waals surface area contributed by atoms with E-state index in [0.717, 1.165) is 15.8 Å². The van der Waals surface area contributed by atoms with E-state index in [4.69, 9.17) is 11.6 Å². The Balaban J connectivity index is 1.61. The highest BCUT2D eigenvalue weighted by atomic mass is 35.5. The van der Waals surface area contributed by atoms with Crippen LogP contribution in [0.3, 0.4) is 0 Å². The van der Waals surface area contributed by atoms with Crippen LogP contribution in [-0.4, -0.2) is 20.9 Å². The fourth-order valence-electron chi connectivity index (χ4n) is 2.55. The second-order valence-corrected chi connectivity index (χ2v) is 7.02. The summed E-state index contributed by atoms with van der Waals surface area (Å²) in [6.07, 6.45) is 3.07.